The fourth-order valence-corrected chi connectivity index (χ4v) is 0.612. The average Bonchev–Trinajstić information content (AvgIpc) is 1.68. The van der Waals surface area contributed by atoms with Gasteiger partial charge in [0.2, 0.25) is 0 Å². The van der Waals surface area contributed by atoms with Crippen LogP contribution in [0.15, 0.2) is 0 Å². The molecule has 0 saturated heterocycles. The van der Waals surface area contributed by atoms with Gasteiger partial charge in [0.25, 0.3) is 7.90 Å². The van der Waals surface area contributed by atoms with Crippen LogP contribution in [0.3, 0.4) is 0 Å². The third kappa shape index (κ3) is 3.18. The molecule has 0 aromatic rings. The summed E-state index contributed by atoms with van der Waals surface area (Å²) in [7, 11) is -2.79. The molecule has 0 aromatic heterocycles. The summed E-state index contributed by atoms with van der Waals surface area (Å²) in [4.78, 5) is 0. The van der Waals surface area contributed by atoms with Crippen LogP contribution in [-0.2, 0) is 7.90 Å². The lowest BCUT2D eigenvalue weighted by Gasteiger charge is -1.86. The summed E-state index contributed by atoms with van der Waals surface area (Å²) >= 11 is 0. The Balaban J connectivity index is 3.89. The summed E-state index contributed by atoms with van der Waals surface area (Å²) < 4.78 is 20.1. The Morgan fingerprint density at radius 3 is 1.43 bits per heavy atom. The Hall–Kier alpha value is 0.570. The summed E-state index contributed by atoms with van der Waals surface area (Å²) in [6.45, 7) is 0. The van der Waals surface area contributed by atoms with Crippen molar-refractivity contribution in [1.29, 1.82) is 0 Å². The largest absolute Gasteiger partial charge is 0.281 e. The van der Waals surface area contributed by atoms with Crippen molar-refractivity contribution in [3.63, 3.8) is 0 Å². The molecule has 0 fully saturated rings. The molecule has 0 atom stereocenters. The van der Waals surface area contributed by atoms with Crippen LogP contribution < -0.4 is 10.3 Å². The summed E-state index contributed by atoms with van der Waals surface area (Å²) in [5.74, 6) is 0. The van der Waals surface area contributed by atoms with E-state index in [9.17, 15) is 8.42 Å². The monoisotopic (exact) mass is 160 g/mol. The molecule has 0 saturated carbocycles. The van der Waals surface area contributed by atoms with Crippen molar-refractivity contribution < 1.29 is 8.42 Å². The van der Waals surface area contributed by atoms with Gasteiger partial charge in [0.05, 0.1) is 22.0 Å². The van der Waals surface area contributed by atoms with Gasteiger partial charge >= 0.3 is 0 Å². The van der Waals surface area contributed by atoms with E-state index in [1.807, 2.05) is 0 Å². The normalized spacial score (nSPS) is 11.7. The molecule has 0 rings (SSSR count). The van der Waals surface area contributed by atoms with Crippen molar-refractivity contribution in [3.8, 4) is 0 Å². The number of hydrogen-bond acceptors (Lipinski definition) is 6. The Labute approximate surface area is 49.0 Å². The molecule has 0 aliphatic rings. The molecule has 0 bridgehead atoms. The van der Waals surface area contributed by atoms with Gasteiger partial charge in [-0.1, -0.05) is 0 Å². The van der Waals surface area contributed by atoms with Gasteiger partial charge in [-0.25, -0.2) is 8.42 Å². The van der Waals surface area contributed by atoms with Crippen molar-refractivity contribution in [1.82, 2.24) is 0 Å². The predicted molar refractivity (Wildman–Crippen MR) is 32.5 cm³/mol. The molecule has 0 unspecified atom stereocenters. The number of nitrogens with two attached hydrogens (primary N) is 2. The molecule has 0 aromatic carbocycles. The van der Waals surface area contributed by atoms with Gasteiger partial charge < -0.3 is 0 Å². The smallest absolute Gasteiger partial charge is 0.264 e. The van der Waals surface area contributed by atoms with Crippen molar-refractivity contribution in [2.24, 2.45) is 10.3 Å². The molecular formula is H4N2O2S3. The van der Waals surface area contributed by atoms with E-state index in [1.54, 1.807) is 0 Å². The lowest BCUT2D eigenvalue weighted by Crippen LogP contribution is -1.94. The molecule has 4 nitrogen and oxygen atoms in total. The summed E-state index contributed by atoms with van der Waals surface area (Å²) in [6.07, 6.45) is 0. The Morgan fingerprint density at radius 1 is 1.14 bits per heavy atom. The van der Waals surface area contributed by atoms with E-state index in [1.165, 1.54) is 0 Å². The lowest BCUT2D eigenvalue weighted by atomic mass is 14.0. The van der Waals surface area contributed by atoms with Gasteiger partial charge in [-0.05, 0) is 0 Å². The first-order valence-electron chi connectivity index (χ1n) is 1.14. The molecule has 44 valence electrons. The fraction of sp³-hybridized carbons (Fsp3) is 0. The topological polar surface area (TPSA) is 86.2 Å². The third-order valence-electron chi connectivity index (χ3n) is 0.236. The van der Waals surface area contributed by atoms with E-state index in [-0.39, 0.29) is 22.0 Å². The molecular weight excluding hydrogens is 156 g/mol. The van der Waals surface area contributed by atoms with Crippen LogP contribution in [0.5, 0.6) is 0 Å². The molecule has 7 heteroatoms. The molecule has 0 aliphatic heterocycles. The maximum atomic E-state index is 10.0. The van der Waals surface area contributed by atoms with Crippen LogP contribution in [0.1, 0.15) is 0 Å². The predicted octanol–water partition coefficient (Wildman–Crippen LogP) is -0.555. The summed E-state index contributed by atoms with van der Waals surface area (Å²) in [5, 5.41) is 9.29. The van der Waals surface area contributed by atoms with Gasteiger partial charge in [-0.15, -0.1) is 0 Å². The molecule has 0 heterocycles. The van der Waals surface area contributed by atoms with Gasteiger partial charge in [0.1, 0.15) is 0 Å². The zero-order chi connectivity index (χ0) is 5.91. The van der Waals surface area contributed by atoms with Crippen molar-refractivity contribution in [2.45, 2.75) is 0 Å². The highest BCUT2D eigenvalue weighted by atomic mass is 33.5. The molecule has 0 radical (unpaired) electrons. The third-order valence-corrected chi connectivity index (χ3v) is 3.54. The fourth-order valence-electron chi connectivity index (χ4n) is 0.0227. The maximum absolute atomic E-state index is 10.0. The molecule has 7 heavy (non-hydrogen) atoms. The second-order valence-corrected chi connectivity index (χ2v) is 6.22. The zero-order valence-electron chi connectivity index (χ0n) is 3.20. The van der Waals surface area contributed by atoms with Crippen LogP contribution in [0.2, 0.25) is 0 Å². The lowest BCUT2D eigenvalue weighted by molar-refractivity contribution is 0.623. The van der Waals surface area contributed by atoms with Crippen LogP contribution >= 0.6 is 22.0 Å². The van der Waals surface area contributed by atoms with Crippen molar-refractivity contribution >= 4 is 29.9 Å². The zero-order valence-corrected chi connectivity index (χ0v) is 5.65. The second kappa shape index (κ2) is 2.78. The first-order chi connectivity index (χ1) is 3.12. The minimum Gasteiger partial charge on any atom is -0.264 e. The Morgan fingerprint density at radius 2 is 1.43 bits per heavy atom. The maximum Gasteiger partial charge on any atom is 0.281 e. The van der Waals surface area contributed by atoms with Crippen LogP contribution in [0, 0.1) is 0 Å². The highest BCUT2D eigenvalue weighted by Crippen LogP contribution is 2.13. The van der Waals surface area contributed by atoms with Gasteiger partial charge in [-0.2, -0.15) is 0 Å². The minimum absolute atomic E-state index is 0.237. The van der Waals surface area contributed by atoms with Gasteiger partial charge in [0.15, 0.2) is 0 Å². The van der Waals surface area contributed by atoms with Crippen LogP contribution in [-0.4, -0.2) is 8.42 Å². The summed E-state index contributed by atoms with van der Waals surface area (Å²) in [5.41, 5.74) is 0. The van der Waals surface area contributed by atoms with Crippen LogP contribution in [0.25, 0.3) is 0 Å². The highest BCUT2D eigenvalue weighted by Gasteiger charge is 2.03. The van der Waals surface area contributed by atoms with Crippen LogP contribution in [0.4, 0.5) is 0 Å². The van der Waals surface area contributed by atoms with Gasteiger partial charge in [0, 0.05) is 0 Å². The summed E-state index contributed by atoms with van der Waals surface area (Å²) in [6, 6.07) is 0. The van der Waals surface area contributed by atoms with E-state index in [0.29, 0.717) is 0 Å². The first kappa shape index (κ1) is 7.57. The van der Waals surface area contributed by atoms with E-state index in [2.05, 4.69) is 10.3 Å². The Bertz CT molecular complexity index is 114. The van der Waals surface area contributed by atoms with E-state index >= 15 is 0 Å². The van der Waals surface area contributed by atoms with Gasteiger partial charge in [-0.3, -0.25) is 10.3 Å². The standard InChI is InChI=1S/H4N2O2S3/c1-5-7(3,4)6-2/h1-2H2. The molecule has 0 spiro atoms. The van der Waals surface area contributed by atoms with Crippen molar-refractivity contribution in [2.75, 3.05) is 0 Å². The average molecular weight is 160 g/mol. The van der Waals surface area contributed by atoms with E-state index in [0.717, 1.165) is 0 Å². The number of hydrogen-bond donors (Lipinski definition) is 2. The highest BCUT2D eigenvalue weighted by molar-refractivity contribution is 9.03. The first-order valence-corrected chi connectivity index (χ1v) is 5.41. The minimum atomic E-state index is -3.27. The number of rotatable bonds is 2. The quantitative estimate of drug-likeness (QED) is 0.416. The Kier molecular flexibility index (Phi) is 3.00. The van der Waals surface area contributed by atoms with E-state index in [4.69, 9.17) is 0 Å². The van der Waals surface area contributed by atoms with Crippen molar-refractivity contribution in [3.05, 3.63) is 0 Å². The van der Waals surface area contributed by atoms with E-state index < -0.39 is 7.90 Å². The molecule has 4 N–H and O–H groups in total. The second-order valence-electron chi connectivity index (χ2n) is 0.601. The molecule has 0 aliphatic carbocycles. The SMILES string of the molecule is NSS(=O)(=O)SN. The molecule has 0 amide bonds.